The first kappa shape index (κ1) is 25.2. The molecule has 1 aromatic carbocycles. The minimum absolute atomic E-state index is 0.00304. The molecule has 3 heterocycles. The molecule has 4 rings (SSSR count). The lowest BCUT2D eigenvalue weighted by Gasteiger charge is -2.44. The molecule has 1 fully saturated rings. The number of hydrogen-bond donors (Lipinski definition) is 4. The van der Waals surface area contributed by atoms with Crippen LogP contribution in [0.1, 0.15) is 28.4 Å². The molecule has 4 atom stereocenters. The largest absolute Gasteiger partial charge is 0.595 e. The summed E-state index contributed by atoms with van der Waals surface area (Å²) < 4.78 is -0.0983. The van der Waals surface area contributed by atoms with Gasteiger partial charge in [-0.25, -0.2) is 5.21 Å². The Morgan fingerprint density at radius 2 is 1.85 bits per heavy atom. The fourth-order valence-corrected chi connectivity index (χ4v) is 5.05. The Morgan fingerprint density at radius 1 is 1.15 bits per heavy atom. The van der Waals surface area contributed by atoms with Crippen LogP contribution in [-0.2, 0) is 6.54 Å². The Bertz CT molecular complexity index is 1140. The van der Waals surface area contributed by atoms with Crippen molar-refractivity contribution in [1.29, 1.82) is 0 Å². The van der Waals surface area contributed by atoms with Gasteiger partial charge in [0.2, 0.25) is 3.79 Å². The number of nitrogens with one attached hydrogen (secondary N) is 3. The van der Waals surface area contributed by atoms with Gasteiger partial charge in [-0.3, -0.25) is 9.59 Å². The third-order valence-electron chi connectivity index (χ3n) is 6.03. The van der Waals surface area contributed by atoms with Gasteiger partial charge in [-0.05, 0) is 42.8 Å². The predicted molar refractivity (Wildman–Crippen MR) is 133 cm³/mol. The number of piperidine rings is 1. The maximum absolute atomic E-state index is 12.7. The molecule has 0 saturated carbocycles. The fourth-order valence-electron chi connectivity index (χ4n) is 4.46. The number of carbonyl (C=O) groups is 1. The summed E-state index contributed by atoms with van der Waals surface area (Å²) in [5.74, 6) is -0.193. The van der Waals surface area contributed by atoms with Gasteiger partial charge in [0.25, 0.3) is 11.5 Å². The third kappa shape index (κ3) is 5.49. The van der Waals surface area contributed by atoms with Crippen LogP contribution in [-0.4, -0.2) is 48.7 Å². The standard InChI is InChI=1S/C21H22Cl3N5O4S/c22-21(23,24)19(25-18(31)13-4-6-15(7-5-13)29(32)33)26-20(34)27-9-12-8-14(11-27)16-2-1-3-17(30)28(16)10-12/h1-7,12,14,19,29,32H,8-11H2,(H,25,31)(H,26,34). The van der Waals surface area contributed by atoms with E-state index in [-0.39, 0.29) is 28.6 Å². The van der Waals surface area contributed by atoms with E-state index in [1.807, 2.05) is 15.5 Å². The van der Waals surface area contributed by atoms with Crippen molar-refractivity contribution in [3.05, 3.63) is 69.3 Å². The van der Waals surface area contributed by atoms with Gasteiger partial charge in [-0.2, -0.15) is 5.23 Å². The summed E-state index contributed by atoms with van der Waals surface area (Å²) in [4.78, 5) is 26.9. The van der Waals surface area contributed by atoms with E-state index in [9.17, 15) is 14.8 Å². The first-order valence-electron chi connectivity index (χ1n) is 10.5. The van der Waals surface area contributed by atoms with Crippen molar-refractivity contribution in [2.24, 2.45) is 5.92 Å². The van der Waals surface area contributed by atoms with Gasteiger partial charge in [0.05, 0.1) is 0 Å². The molecule has 0 aliphatic carbocycles. The lowest BCUT2D eigenvalue weighted by atomic mass is 9.83. The average Bonchev–Trinajstić information content (AvgIpc) is 2.78. The Kier molecular flexibility index (Phi) is 7.39. The Hall–Kier alpha value is -1.92. The number of quaternary nitrogens is 1. The van der Waals surface area contributed by atoms with E-state index in [2.05, 4.69) is 10.6 Å². The number of halogens is 3. The minimum Gasteiger partial charge on any atom is -0.595 e. The monoisotopic (exact) mass is 545 g/mol. The number of aromatic nitrogens is 1. The maximum Gasteiger partial charge on any atom is 0.252 e. The van der Waals surface area contributed by atoms with Gasteiger partial charge < -0.3 is 25.3 Å². The highest BCUT2D eigenvalue weighted by molar-refractivity contribution is 7.80. The first-order valence-corrected chi connectivity index (χ1v) is 12.0. The quantitative estimate of drug-likeness (QED) is 0.200. The number of thiocarbonyl (C=S) groups is 1. The van der Waals surface area contributed by atoms with Gasteiger partial charge in [0.15, 0.2) is 10.8 Å². The summed E-state index contributed by atoms with van der Waals surface area (Å²) in [7, 11) is 0. The number of carbonyl (C=O) groups excluding carboxylic acids is 1. The van der Waals surface area contributed by atoms with E-state index in [0.29, 0.717) is 24.7 Å². The zero-order chi connectivity index (χ0) is 24.6. The topological polar surface area (TPSA) is 114 Å². The summed E-state index contributed by atoms with van der Waals surface area (Å²) in [6.07, 6.45) is -0.187. The minimum atomic E-state index is -1.92. The Balaban J connectivity index is 1.45. The molecule has 1 amide bonds. The van der Waals surface area contributed by atoms with E-state index in [1.165, 1.54) is 24.3 Å². The van der Waals surface area contributed by atoms with E-state index in [1.54, 1.807) is 12.1 Å². The van der Waals surface area contributed by atoms with Crippen LogP contribution < -0.4 is 21.4 Å². The number of hydrogen-bond acceptors (Lipinski definition) is 5. The molecule has 34 heavy (non-hydrogen) atoms. The molecule has 4 unspecified atom stereocenters. The first-order chi connectivity index (χ1) is 16.0. The van der Waals surface area contributed by atoms with Crippen molar-refractivity contribution in [2.45, 2.75) is 28.8 Å². The van der Waals surface area contributed by atoms with E-state index in [4.69, 9.17) is 52.2 Å². The van der Waals surface area contributed by atoms with Crippen LogP contribution in [0, 0.1) is 11.1 Å². The van der Waals surface area contributed by atoms with E-state index >= 15 is 0 Å². The zero-order valence-corrected chi connectivity index (χ0v) is 20.8. The highest BCUT2D eigenvalue weighted by Crippen LogP contribution is 2.35. The number of fused-ring (bicyclic) bond motifs is 4. The summed E-state index contributed by atoms with van der Waals surface area (Å²) in [5.41, 5.74) is 1.23. The number of alkyl halides is 3. The van der Waals surface area contributed by atoms with Gasteiger partial charge in [0, 0.05) is 55.0 Å². The number of benzene rings is 1. The van der Waals surface area contributed by atoms with Crippen molar-refractivity contribution in [3.8, 4) is 0 Å². The van der Waals surface area contributed by atoms with Crippen molar-refractivity contribution in [1.82, 2.24) is 20.1 Å². The normalized spacial score (nSPS) is 21.3. The molecular formula is C21H22Cl3N5O4S. The summed E-state index contributed by atoms with van der Waals surface area (Å²) in [5, 5.41) is 24.8. The highest BCUT2D eigenvalue weighted by Gasteiger charge is 2.39. The van der Waals surface area contributed by atoms with Crippen LogP contribution in [0.4, 0.5) is 5.69 Å². The average molecular weight is 547 g/mol. The summed E-state index contributed by atoms with van der Waals surface area (Å²) in [6.45, 7) is 1.82. The van der Waals surface area contributed by atoms with Crippen LogP contribution in [0.25, 0.3) is 0 Å². The SMILES string of the molecule is O=C(NC(NC(=S)N1CC2CC(C1)c1cccc(=O)n1C2)C(Cl)(Cl)Cl)c1ccc([NH+]([O-])O)cc1. The molecule has 2 aromatic rings. The Morgan fingerprint density at radius 3 is 2.50 bits per heavy atom. The van der Waals surface area contributed by atoms with Crippen molar-refractivity contribution in [2.75, 3.05) is 13.1 Å². The second-order valence-electron chi connectivity index (χ2n) is 8.38. The van der Waals surface area contributed by atoms with E-state index in [0.717, 1.165) is 12.1 Å². The molecule has 0 radical (unpaired) electrons. The molecule has 182 valence electrons. The van der Waals surface area contributed by atoms with Gasteiger partial charge in [0.1, 0.15) is 6.17 Å². The van der Waals surface area contributed by atoms with Gasteiger partial charge in [-0.15, -0.1) is 0 Å². The fraction of sp³-hybridized carbons (Fsp3) is 0.381. The number of likely N-dealkylation sites (tertiary alicyclic amines) is 1. The third-order valence-corrected chi connectivity index (χ3v) is 7.06. The molecule has 2 bridgehead atoms. The number of amides is 1. The molecule has 0 spiro atoms. The number of nitrogens with zero attached hydrogens (tertiary/aromatic N) is 2. The molecule has 2 aliphatic rings. The molecule has 9 nitrogen and oxygen atoms in total. The zero-order valence-electron chi connectivity index (χ0n) is 17.7. The predicted octanol–water partition coefficient (Wildman–Crippen LogP) is 1.67. The van der Waals surface area contributed by atoms with Crippen LogP contribution in [0.5, 0.6) is 0 Å². The van der Waals surface area contributed by atoms with Crippen LogP contribution in [0.2, 0.25) is 0 Å². The summed E-state index contributed by atoms with van der Waals surface area (Å²) >= 11 is 24.0. The van der Waals surface area contributed by atoms with Crippen LogP contribution in [0.15, 0.2) is 47.3 Å². The smallest absolute Gasteiger partial charge is 0.252 e. The maximum atomic E-state index is 12.7. The molecule has 1 aromatic heterocycles. The van der Waals surface area contributed by atoms with E-state index < -0.39 is 21.1 Å². The van der Waals surface area contributed by atoms with Crippen molar-refractivity contribution >= 4 is 63.7 Å². The second-order valence-corrected chi connectivity index (χ2v) is 11.1. The number of rotatable bonds is 4. The molecule has 13 heteroatoms. The van der Waals surface area contributed by atoms with Gasteiger partial charge in [-0.1, -0.05) is 40.9 Å². The molecule has 2 aliphatic heterocycles. The molecular weight excluding hydrogens is 525 g/mol. The van der Waals surface area contributed by atoms with Crippen molar-refractivity contribution < 1.29 is 15.2 Å². The van der Waals surface area contributed by atoms with Crippen LogP contribution in [0.3, 0.4) is 0 Å². The molecule has 1 saturated heterocycles. The lowest BCUT2D eigenvalue weighted by Crippen LogP contribution is -2.99. The van der Waals surface area contributed by atoms with Gasteiger partial charge >= 0.3 is 0 Å². The van der Waals surface area contributed by atoms with Crippen molar-refractivity contribution in [3.63, 3.8) is 0 Å². The number of pyridine rings is 1. The summed E-state index contributed by atoms with van der Waals surface area (Å²) in [6, 6.07) is 10.7. The van der Waals surface area contributed by atoms with Crippen LogP contribution >= 0.6 is 47.0 Å². The Labute approximate surface area is 215 Å². The lowest BCUT2D eigenvalue weighted by molar-refractivity contribution is -0.991. The highest BCUT2D eigenvalue weighted by atomic mass is 35.6. The molecule has 4 N–H and O–H groups in total. The second kappa shape index (κ2) is 9.98.